The lowest BCUT2D eigenvalue weighted by Gasteiger charge is -2.16. The average Bonchev–Trinajstić information content (AvgIpc) is 3.44. The molecule has 0 spiro atoms. The van der Waals surface area contributed by atoms with Crippen LogP contribution >= 0.6 is 15.9 Å². The molecular formula is C18H20BrNO3. The topological polar surface area (TPSA) is 57.6 Å². The Kier molecular flexibility index (Phi) is 3.71. The van der Waals surface area contributed by atoms with Crippen molar-refractivity contribution in [3.05, 3.63) is 34.3 Å². The number of carboxylic acid groups (broad SMARTS) is 1. The van der Waals surface area contributed by atoms with Crippen LogP contribution in [0.2, 0.25) is 0 Å². The second-order valence-electron chi connectivity index (χ2n) is 7.19. The molecule has 4 nitrogen and oxygen atoms in total. The summed E-state index contributed by atoms with van der Waals surface area (Å²) in [5.74, 6) is 0.0974. The van der Waals surface area contributed by atoms with Gasteiger partial charge in [-0.25, -0.2) is 0 Å². The molecular weight excluding hydrogens is 358 g/mol. The first-order valence-corrected chi connectivity index (χ1v) is 9.11. The number of carbonyl (C=O) groups excluding carboxylic acids is 1. The number of amides is 1. The normalized spacial score (nSPS) is 32.8. The van der Waals surface area contributed by atoms with Gasteiger partial charge in [-0.3, -0.25) is 9.59 Å². The van der Waals surface area contributed by atoms with Crippen molar-refractivity contribution in [2.45, 2.75) is 25.2 Å². The monoisotopic (exact) mass is 377 g/mol. The molecule has 4 atom stereocenters. The zero-order chi connectivity index (χ0) is 16.1. The maximum atomic E-state index is 12.7. The number of benzene rings is 1. The molecule has 1 aliphatic heterocycles. The molecule has 5 heteroatoms. The van der Waals surface area contributed by atoms with Gasteiger partial charge in [0.25, 0.3) is 0 Å². The van der Waals surface area contributed by atoms with E-state index in [1.165, 1.54) is 5.56 Å². The number of carbonyl (C=O) groups is 2. The van der Waals surface area contributed by atoms with E-state index in [-0.39, 0.29) is 23.7 Å². The third kappa shape index (κ3) is 2.91. The van der Waals surface area contributed by atoms with E-state index in [2.05, 4.69) is 28.1 Å². The Bertz CT molecular complexity index is 640. The van der Waals surface area contributed by atoms with Gasteiger partial charge >= 0.3 is 5.97 Å². The van der Waals surface area contributed by atoms with Crippen molar-refractivity contribution in [2.75, 3.05) is 13.1 Å². The quantitative estimate of drug-likeness (QED) is 0.876. The SMILES string of the molecule is O=C(O)[C@H]1CN(C(=O)C2CC2c2ccc(Br)cc2)C[C@@H]1C1CC1. The number of hydrogen-bond acceptors (Lipinski definition) is 2. The summed E-state index contributed by atoms with van der Waals surface area (Å²) in [7, 11) is 0. The van der Waals surface area contributed by atoms with Gasteiger partial charge in [-0.2, -0.15) is 0 Å². The summed E-state index contributed by atoms with van der Waals surface area (Å²) in [6.45, 7) is 1.04. The van der Waals surface area contributed by atoms with Crippen molar-refractivity contribution < 1.29 is 14.7 Å². The third-order valence-electron chi connectivity index (χ3n) is 5.63. The van der Waals surface area contributed by atoms with Crippen LogP contribution in [0.15, 0.2) is 28.7 Å². The van der Waals surface area contributed by atoms with Crippen molar-refractivity contribution in [1.29, 1.82) is 0 Å². The Balaban J connectivity index is 1.42. The second kappa shape index (κ2) is 5.62. The molecule has 1 aromatic carbocycles. The van der Waals surface area contributed by atoms with E-state index in [4.69, 9.17) is 0 Å². The highest BCUT2D eigenvalue weighted by Crippen LogP contribution is 2.50. The van der Waals surface area contributed by atoms with E-state index >= 15 is 0 Å². The van der Waals surface area contributed by atoms with Crippen LogP contribution in [-0.2, 0) is 9.59 Å². The molecule has 0 bridgehead atoms. The average molecular weight is 378 g/mol. The summed E-state index contributed by atoms with van der Waals surface area (Å²) in [5.41, 5.74) is 1.21. The van der Waals surface area contributed by atoms with Crippen LogP contribution in [-0.4, -0.2) is 35.0 Å². The van der Waals surface area contributed by atoms with Gasteiger partial charge in [-0.05, 0) is 54.7 Å². The van der Waals surface area contributed by atoms with Crippen LogP contribution in [0.25, 0.3) is 0 Å². The standard InChI is InChI=1S/C18H20BrNO3/c19-12-5-3-10(4-6-12)13-7-14(13)17(21)20-8-15(11-1-2-11)16(9-20)18(22)23/h3-6,11,13-16H,1-2,7-9H2,(H,22,23)/t13?,14?,15-,16+/m1/s1. The molecule has 2 saturated carbocycles. The molecule has 122 valence electrons. The van der Waals surface area contributed by atoms with Gasteiger partial charge < -0.3 is 10.0 Å². The second-order valence-corrected chi connectivity index (χ2v) is 8.11. The summed E-state index contributed by atoms with van der Waals surface area (Å²) in [5, 5.41) is 9.43. The lowest BCUT2D eigenvalue weighted by molar-refractivity contribution is -0.142. The molecule has 1 aromatic rings. The summed E-state index contributed by atoms with van der Waals surface area (Å²) in [6, 6.07) is 8.15. The van der Waals surface area contributed by atoms with Crippen molar-refractivity contribution in [3.63, 3.8) is 0 Å². The lowest BCUT2D eigenvalue weighted by atomic mass is 9.92. The highest BCUT2D eigenvalue weighted by molar-refractivity contribution is 9.10. The molecule has 3 fully saturated rings. The van der Waals surface area contributed by atoms with Crippen molar-refractivity contribution >= 4 is 27.8 Å². The molecule has 0 aromatic heterocycles. The Morgan fingerprint density at radius 1 is 1.09 bits per heavy atom. The molecule has 2 unspecified atom stereocenters. The van der Waals surface area contributed by atoms with Crippen molar-refractivity contribution in [2.24, 2.45) is 23.7 Å². The molecule has 3 aliphatic rings. The van der Waals surface area contributed by atoms with Gasteiger partial charge in [0.15, 0.2) is 0 Å². The Hall–Kier alpha value is -1.36. The number of halogens is 1. The van der Waals surface area contributed by atoms with Crippen LogP contribution in [0.4, 0.5) is 0 Å². The van der Waals surface area contributed by atoms with Gasteiger partial charge in [0.2, 0.25) is 5.91 Å². The molecule has 0 radical (unpaired) electrons. The number of hydrogen-bond donors (Lipinski definition) is 1. The first-order valence-electron chi connectivity index (χ1n) is 8.31. The number of rotatable bonds is 4. The van der Waals surface area contributed by atoms with E-state index in [0.717, 1.165) is 23.7 Å². The molecule has 1 N–H and O–H groups in total. The fourth-order valence-electron chi connectivity index (χ4n) is 4.05. The van der Waals surface area contributed by atoms with Gasteiger partial charge in [-0.1, -0.05) is 28.1 Å². The maximum absolute atomic E-state index is 12.7. The van der Waals surface area contributed by atoms with E-state index < -0.39 is 5.97 Å². The highest BCUT2D eigenvalue weighted by atomic mass is 79.9. The predicted molar refractivity (Wildman–Crippen MR) is 88.9 cm³/mol. The van der Waals surface area contributed by atoms with Crippen LogP contribution in [0.5, 0.6) is 0 Å². The van der Waals surface area contributed by atoms with Gasteiger partial charge in [0.05, 0.1) is 5.92 Å². The summed E-state index contributed by atoms with van der Waals surface area (Å²) in [6.07, 6.45) is 3.14. The fourth-order valence-corrected chi connectivity index (χ4v) is 4.32. The number of aliphatic carboxylic acids is 1. The first kappa shape index (κ1) is 15.2. The minimum Gasteiger partial charge on any atom is -0.481 e. The van der Waals surface area contributed by atoms with Crippen LogP contribution in [0, 0.1) is 23.7 Å². The number of likely N-dealkylation sites (tertiary alicyclic amines) is 1. The Morgan fingerprint density at radius 2 is 1.78 bits per heavy atom. The molecule has 1 amide bonds. The fraction of sp³-hybridized carbons (Fsp3) is 0.556. The van der Waals surface area contributed by atoms with Crippen LogP contribution in [0.1, 0.15) is 30.7 Å². The number of nitrogens with zero attached hydrogens (tertiary/aromatic N) is 1. The van der Waals surface area contributed by atoms with E-state index in [1.807, 2.05) is 17.0 Å². The first-order chi connectivity index (χ1) is 11.0. The zero-order valence-electron chi connectivity index (χ0n) is 12.8. The predicted octanol–water partition coefficient (Wildman–Crippen LogP) is 3.12. The summed E-state index contributed by atoms with van der Waals surface area (Å²) >= 11 is 3.43. The van der Waals surface area contributed by atoms with E-state index in [9.17, 15) is 14.7 Å². The summed E-state index contributed by atoms with van der Waals surface area (Å²) in [4.78, 5) is 26.0. The van der Waals surface area contributed by atoms with E-state index in [0.29, 0.717) is 24.9 Å². The smallest absolute Gasteiger partial charge is 0.308 e. The third-order valence-corrected chi connectivity index (χ3v) is 6.16. The molecule has 23 heavy (non-hydrogen) atoms. The molecule has 1 heterocycles. The van der Waals surface area contributed by atoms with Gasteiger partial charge in [0.1, 0.15) is 0 Å². The minimum absolute atomic E-state index is 0.0450. The molecule has 4 rings (SSSR count). The largest absolute Gasteiger partial charge is 0.481 e. The van der Waals surface area contributed by atoms with Crippen molar-refractivity contribution in [1.82, 2.24) is 4.90 Å². The van der Waals surface area contributed by atoms with Gasteiger partial charge in [0, 0.05) is 23.5 Å². The Morgan fingerprint density at radius 3 is 2.39 bits per heavy atom. The molecule has 1 saturated heterocycles. The van der Waals surface area contributed by atoms with Crippen LogP contribution in [0.3, 0.4) is 0 Å². The molecule has 2 aliphatic carbocycles. The Labute approximate surface area is 144 Å². The minimum atomic E-state index is -0.738. The summed E-state index contributed by atoms with van der Waals surface area (Å²) < 4.78 is 1.04. The van der Waals surface area contributed by atoms with Gasteiger partial charge in [-0.15, -0.1) is 0 Å². The highest BCUT2D eigenvalue weighted by Gasteiger charge is 2.51. The lowest BCUT2D eigenvalue weighted by Crippen LogP contribution is -2.31. The maximum Gasteiger partial charge on any atom is 0.308 e. The van der Waals surface area contributed by atoms with E-state index in [1.54, 1.807) is 0 Å². The number of carboxylic acids is 1. The van der Waals surface area contributed by atoms with Crippen molar-refractivity contribution in [3.8, 4) is 0 Å². The van der Waals surface area contributed by atoms with Crippen LogP contribution < -0.4 is 0 Å². The zero-order valence-corrected chi connectivity index (χ0v) is 14.4.